The predicted molar refractivity (Wildman–Crippen MR) is 128 cm³/mol. The van der Waals surface area contributed by atoms with Crippen molar-refractivity contribution in [3.05, 3.63) is 81.1 Å². The zero-order valence-corrected chi connectivity index (χ0v) is 20.6. The summed E-state index contributed by atoms with van der Waals surface area (Å²) in [5.74, 6) is -0.118. The first-order valence-corrected chi connectivity index (χ1v) is 11.4. The van der Waals surface area contributed by atoms with Gasteiger partial charge in [-0.3, -0.25) is 4.79 Å². The third-order valence-corrected chi connectivity index (χ3v) is 6.86. The summed E-state index contributed by atoms with van der Waals surface area (Å²) >= 11 is 3.46. The van der Waals surface area contributed by atoms with Gasteiger partial charge in [-0.25, -0.2) is 4.79 Å². The summed E-state index contributed by atoms with van der Waals surface area (Å²) in [7, 11) is 4.55. The fraction of sp³-hybridized carbons (Fsp3) is 0.308. The third-order valence-electron chi connectivity index (χ3n) is 6.33. The minimum Gasteiger partial charge on any atom is -0.493 e. The molecule has 0 fully saturated rings. The molecule has 0 aromatic heterocycles. The van der Waals surface area contributed by atoms with Crippen LogP contribution in [0.5, 0.6) is 11.5 Å². The number of methoxy groups -OCH3 is 3. The van der Waals surface area contributed by atoms with Gasteiger partial charge in [0.15, 0.2) is 11.5 Å². The Morgan fingerprint density at radius 3 is 2.27 bits per heavy atom. The minimum absolute atomic E-state index is 0.0709. The molecule has 1 N–H and O–H groups in total. The smallest absolute Gasteiger partial charge is 0.336 e. The molecule has 2 aromatic carbocycles. The number of carbonyl (C=O) groups is 2. The highest BCUT2D eigenvalue weighted by Crippen LogP contribution is 2.46. The highest BCUT2D eigenvalue weighted by molar-refractivity contribution is 9.10. The van der Waals surface area contributed by atoms with E-state index in [0.717, 1.165) is 21.3 Å². The predicted octanol–water partition coefficient (Wildman–Crippen LogP) is 4.86. The summed E-state index contributed by atoms with van der Waals surface area (Å²) in [6.07, 6.45) is 2.42. The molecule has 0 spiro atoms. The van der Waals surface area contributed by atoms with Crippen LogP contribution in [0.3, 0.4) is 0 Å². The summed E-state index contributed by atoms with van der Waals surface area (Å²) in [6.45, 7) is 1.85. The molecule has 0 bridgehead atoms. The van der Waals surface area contributed by atoms with Gasteiger partial charge in [0.25, 0.3) is 0 Å². The van der Waals surface area contributed by atoms with E-state index in [2.05, 4.69) is 27.3 Å². The molecule has 1 aliphatic carbocycles. The van der Waals surface area contributed by atoms with Gasteiger partial charge in [0.1, 0.15) is 5.78 Å². The maximum Gasteiger partial charge on any atom is 0.336 e. The van der Waals surface area contributed by atoms with E-state index in [4.69, 9.17) is 14.2 Å². The van der Waals surface area contributed by atoms with Gasteiger partial charge in [-0.05, 0) is 42.3 Å². The van der Waals surface area contributed by atoms with Crippen molar-refractivity contribution in [3.8, 4) is 11.5 Å². The van der Waals surface area contributed by atoms with Crippen molar-refractivity contribution in [3.63, 3.8) is 0 Å². The van der Waals surface area contributed by atoms with Crippen LogP contribution >= 0.6 is 15.9 Å². The average Bonchev–Trinajstić information content (AvgIpc) is 2.82. The van der Waals surface area contributed by atoms with Gasteiger partial charge in [0.2, 0.25) is 0 Å². The molecular formula is C26H26BrNO5. The Balaban J connectivity index is 1.80. The molecule has 1 aliphatic heterocycles. The second kappa shape index (κ2) is 9.43. The molecule has 0 saturated carbocycles. The molecule has 3 atom stereocenters. The maximum atomic E-state index is 13.6. The van der Waals surface area contributed by atoms with E-state index < -0.39 is 17.8 Å². The van der Waals surface area contributed by atoms with Crippen molar-refractivity contribution < 1.29 is 23.8 Å². The average molecular weight is 512 g/mol. The molecule has 0 saturated heterocycles. The number of ether oxygens (including phenoxy) is 3. The Hall–Kier alpha value is -3.06. The van der Waals surface area contributed by atoms with E-state index in [1.165, 1.54) is 7.11 Å². The van der Waals surface area contributed by atoms with Crippen LogP contribution in [0.2, 0.25) is 0 Å². The first kappa shape index (κ1) is 23.1. The zero-order chi connectivity index (χ0) is 23.7. The van der Waals surface area contributed by atoms with E-state index in [9.17, 15) is 9.59 Å². The number of fused-ring (bicyclic) bond motifs is 1. The van der Waals surface area contributed by atoms with Crippen LogP contribution in [0.1, 0.15) is 36.3 Å². The number of rotatable bonds is 5. The quantitative estimate of drug-likeness (QED) is 0.578. The number of esters is 1. The van der Waals surface area contributed by atoms with Crippen molar-refractivity contribution in [2.45, 2.75) is 25.2 Å². The van der Waals surface area contributed by atoms with Gasteiger partial charge in [-0.1, -0.05) is 40.2 Å². The van der Waals surface area contributed by atoms with Gasteiger partial charge >= 0.3 is 5.97 Å². The van der Waals surface area contributed by atoms with Crippen molar-refractivity contribution >= 4 is 27.7 Å². The van der Waals surface area contributed by atoms with Crippen LogP contribution < -0.4 is 14.8 Å². The van der Waals surface area contributed by atoms with Crippen LogP contribution in [0, 0.1) is 5.92 Å². The number of benzene rings is 2. The Morgan fingerprint density at radius 1 is 0.970 bits per heavy atom. The fourth-order valence-corrected chi connectivity index (χ4v) is 5.05. The monoisotopic (exact) mass is 511 g/mol. The first-order valence-electron chi connectivity index (χ1n) is 10.7. The Labute approximate surface area is 201 Å². The van der Waals surface area contributed by atoms with Gasteiger partial charge in [-0.2, -0.15) is 0 Å². The molecule has 172 valence electrons. The summed E-state index contributed by atoms with van der Waals surface area (Å²) in [6, 6.07) is 13.4. The second-order valence-corrected chi connectivity index (χ2v) is 9.09. The molecule has 0 radical (unpaired) electrons. The SMILES string of the molecule is COC(=O)C1=C(C)NC2=CC(c3ccc(OC)c(OC)c3)CC(=O)C2C1c1ccc(Br)cc1. The Kier molecular flexibility index (Phi) is 6.61. The molecular weight excluding hydrogens is 486 g/mol. The van der Waals surface area contributed by atoms with Crippen LogP contribution in [0.4, 0.5) is 0 Å². The minimum atomic E-state index is -0.486. The number of carbonyl (C=O) groups excluding carboxylic acids is 2. The maximum absolute atomic E-state index is 13.6. The first-order chi connectivity index (χ1) is 15.9. The third kappa shape index (κ3) is 4.29. The number of hydrogen-bond acceptors (Lipinski definition) is 6. The number of hydrogen-bond donors (Lipinski definition) is 1. The van der Waals surface area contributed by atoms with Crippen LogP contribution in [-0.4, -0.2) is 33.1 Å². The van der Waals surface area contributed by atoms with Crippen LogP contribution in [-0.2, 0) is 14.3 Å². The van der Waals surface area contributed by atoms with E-state index in [-0.39, 0.29) is 11.7 Å². The number of Topliss-reactive ketones (excluding diaryl/α,β-unsaturated/α-hetero) is 1. The van der Waals surface area contributed by atoms with Crippen LogP contribution in [0.15, 0.2) is 70.0 Å². The van der Waals surface area contributed by atoms with Crippen LogP contribution in [0.25, 0.3) is 0 Å². The Morgan fingerprint density at radius 2 is 1.64 bits per heavy atom. The molecule has 6 nitrogen and oxygen atoms in total. The highest BCUT2D eigenvalue weighted by Gasteiger charge is 2.44. The highest BCUT2D eigenvalue weighted by atomic mass is 79.9. The molecule has 4 rings (SSSR count). The molecule has 2 aromatic rings. The molecule has 2 aliphatic rings. The van der Waals surface area contributed by atoms with E-state index in [0.29, 0.717) is 29.2 Å². The lowest BCUT2D eigenvalue weighted by Crippen LogP contribution is -2.41. The standard InChI is InChI=1S/C26H26BrNO5/c1-14-23(26(30)33-4)24(15-5-8-18(27)9-6-15)25-19(28-14)11-17(12-20(25)29)16-7-10-21(31-2)22(13-16)32-3/h5-11,13,17,24-25,28H,12H2,1-4H3. The fourth-order valence-electron chi connectivity index (χ4n) is 4.78. The normalized spacial score (nSPS) is 22.2. The van der Waals surface area contributed by atoms with Gasteiger partial charge in [0, 0.05) is 34.1 Å². The largest absolute Gasteiger partial charge is 0.493 e. The van der Waals surface area contributed by atoms with Crippen molar-refractivity contribution in [1.29, 1.82) is 0 Å². The Bertz CT molecular complexity index is 1150. The molecule has 1 heterocycles. The summed E-state index contributed by atoms with van der Waals surface area (Å²) in [5, 5.41) is 3.33. The number of ketones is 1. The zero-order valence-electron chi connectivity index (χ0n) is 19.0. The number of nitrogens with one attached hydrogen (secondary N) is 1. The molecule has 7 heteroatoms. The summed E-state index contributed by atoms with van der Waals surface area (Å²) < 4.78 is 16.8. The lowest BCUT2D eigenvalue weighted by molar-refractivity contribution is -0.136. The lowest BCUT2D eigenvalue weighted by atomic mass is 9.68. The number of halogens is 1. The van der Waals surface area contributed by atoms with E-state index in [1.807, 2.05) is 49.4 Å². The van der Waals surface area contributed by atoms with Crippen molar-refractivity contribution in [2.75, 3.05) is 21.3 Å². The van der Waals surface area contributed by atoms with E-state index in [1.54, 1.807) is 14.2 Å². The molecule has 33 heavy (non-hydrogen) atoms. The lowest BCUT2D eigenvalue weighted by Gasteiger charge is -2.39. The topological polar surface area (TPSA) is 73.9 Å². The van der Waals surface area contributed by atoms with Gasteiger partial charge < -0.3 is 19.5 Å². The van der Waals surface area contributed by atoms with Crippen molar-refractivity contribution in [1.82, 2.24) is 5.32 Å². The molecule has 3 unspecified atom stereocenters. The molecule has 0 amide bonds. The van der Waals surface area contributed by atoms with Gasteiger partial charge in [-0.15, -0.1) is 0 Å². The number of allylic oxidation sites excluding steroid dienone is 3. The van der Waals surface area contributed by atoms with Crippen molar-refractivity contribution in [2.24, 2.45) is 5.92 Å². The van der Waals surface area contributed by atoms with E-state index >= 15 is 0 Å². The van der Waals surface area contributed by atoms with Gasteiger partial charge in [0.05, 0.1) is 32.8 Å². The summed E-state index contributed by atoms with van der Waals surface area (Å²) in [5.41, 5.74) is 3.85. The second-order valence-electron chi connectivity index (χ2n) is 8.18. The summed E-state index contributed by atoms with van der Waals surface area (Å²) in [4.78, 5) is 26.3.